The Bertz CT molecular complexity index is 3970. The Labute approximate surface area is 634 Å². The van der Waals surface area contributed by atoms with Crippen LogP contribution in [0.4, 0.5) is 17.1 Å². The van der Waals surface area contributed by atoms with Crippen LogP contribution in [0.2, 0.25) is 0 Å². The van der Waals surface area contributed by atoms with Crippen molar-refractivity contribution < 1.29 is 43.0 Å². The number of carbonyl (C=O) groups excluding carboxylic acids is 6. The Hall–Kier alpha value is -8.03. The molecule has 0 spiro atoms. The molecule has 7 heterocycles. The van der Waals surface area contributed by atoms with Crippen LogP contribution in [0.5, 0.6) is 34.5 Å². The first-order chi connectivity index (χ1) is 48.7. The Morgan fingerprint density at radius 2 is 0.833 bits per heavy atom. The van der Waals surface area contributed by atoms with Crippen LogP contribution in [-0.4, -0.2) is 144 Å². The van der Waals surface area contributed by atoms with Crippen LogP contribution >= 0.6 is 93.6 Å². The summed E-state index contributed by atoms with van der Waals surface area (Å²) in [5.41, 5.74) is 2.66. The average molecular weight is 1540 g/mol. The van der Waals surface area contributed by atoms with Gasteiger partial charge < -0.3 is 44.9 Å². The van der Waals surface area contributed by atoms with Crippen molar-refractivity contribution in [2.45, 2.75) is 69.5 Å². The second-order valence-electron chi connectivity index (χ2n) is 24.4. The number of fused-ring (bicyclic) bond motifs is 2. The van der Waals surface area contributed by atoms with Crippen LogP contribution < -0.4 is 44.9 Å². The van der Waals surface area contributed by atoms with E-state index in [0.717, 1.165) is 63.5 Å². The second-order valence-corrected chi connectivity index (χ2v) is 28.1. The molecule has 0 radical (unpaired) electrons. The monoisotopic (exact) mass is 1530 g/mol. The Morgan fingerprint density at radius 3 is 1.18 bits per heavy atom. The largest absolute Gasteiger partial charge is 0.457 e. The number of piperazine rings is 3. The van der Waals surface area contributed by atoms with Crippen LogP contribution in [0.1, 0.15) is 58.6 Å². The summed E-state index contributed by atoms with van der Waals surface area (Å²) in [7, 11) is 0. The minimum atomic E-state index is -0.776. The van der Waals surface area contributed by atoms with Gasteiger partial charge in [0.1, 0.15) is 70.3 Å². The molecule has 102 heavy (non-hydrogen) atoms. The maximum atomic E-state index is 13.9. The van der Waals surface area contributed by atoms with Gasteiger partial charge in [0.25, 0.3) is 17.7 Å². The number of likely N-dealkylation sites (tertiary alicyclic amines) is 1. The Morgan fingerprint density at radius 1 is 0.461 bits per heavy atom. The van der Waals surface area contributed by atoms with Crippen LogP contribution in [0.15, 0.2) is 210 Å². The molecule has 0 aliphatic carbocycles. The summed E-state index contributed by atoms with van der Waals surface area (Å²) in [6, 6.07) is 58.3. The molecule has 0 saturated carbocycles. The van der Waals surface area contributed by atoms with Gasteiger partial charge in [0, 0.05) is 108 Å². The number of thiophene rings is 3. The third kappa shape index (κ3) is 19.6. The number of rotatable bonds is 21. The fourth-order valence-corrected chi connectivity index (χ4v) is 15.5. The first-order valence-corrected chi connectivity index (χ1v) is 37.2. The molecular formula is C76H80Cl5N9O9S3. The highest BCUT2D eigenvalue weighted by Crippen LogP contribution is 2.40. The number of halogens is 5. The molecule has 7 atom stereocenters. The molecule has 4 aliphatic rings. The molecule has 6 amide bonds. The minimum Gasteiger partial charge on any atom is -0.457 e. The van der Waals surface area contributed by atoms with Crippen LogP contribution in [0.3, 0.4) is 0 Å². The first-order valence-electron chi connectivity index (χ1n) is 33.0. The van der Waals surface area contributed by atoms with E-state index in [1.54, 1.807) is 53.4 Å². The number of ether oxygens (including phenoxy) is 3. The van der Waals surface area contributed by atoms with Gasteiger partial charge in [-0.15, -0.1) is 93.6 Å². The molecule has 4 aliphatic heterocycles. The molecule has 9 aromatic rings. The number of aryl methyl sites for hydroxylation is 1. The van der Waals surface area contributed by atoms with Crippen molar-refractivity contribution >= 4 is 146 Å². The van der Waals surface area contributed by atoms with Gasteiger partial charge in [0.05, 0.1) is 0 Å². The summed E-state index contributed by atoms with van der Waals surface area (Å²) < 4.78 is 17.7. The lowest BCUT2D eigenvalue weighted by atomic mass is 10.1. The van der Waals surface area contributed by atoms with Gasteiger partial charge in [-0.05, 0) is 170 Å². The molecule has 13 rings (SSSR count). The normalized spacial score (nSPS) is 17.5. The molecule has 2 bridgehead atoms. The van der Waals surface area contributed by atoms with E-state index in [1.165, 1.54) is 43.8 Å². The minimum absolute atomic E-state index is 0. The first kappa shape index (κ1) is 78.1. The van der Waals surface area contributed by atoms with Gasteiger partial charge in [-0.25, -0.2) is 0 Å². The number of para-hydroxylation sites is 3. The van der Waals surface area contributed by atoms with Crippen molar-refractivity contribution in [3.05, 3.63) is 230 Å². The number of nitrogens with one attached hydrogen (secondary N) is 3. The van der Waals surface area contributed by atoms with E-state index >= 15 is 0 Å². The summed E-state index contributed by atoms with van der Waals surface area (Å²) in [5, 5.41) is 15.9. The summed E-state index contributed by atoms with van der Waals surface area (Å²) in [5.74, 6) is 2.20. The number of hydrogen-bond donors (Lipinski definition) is 3. The van der Waals surface area contributed by atoms with Gasteiger partial charge >= 0.3 is 0 Å². The fraction of sp³-hybridized carbons (Fsp3) is 0.289. The number of benzene rings is 6. The van der Waals surface area contributed by atoms with Crippen LogP contribution in [-0.2, 0) is 28.8 Å². The maximum absolute atomic E-state index is 13.9. The van der Waals surface area contributed by atoms with E-state index in [2.05, 4.69) is 16.0 Å². The standard InChI is InChI=1S/C26H26ClN3O3S.2C25H26ClN3O3S.2ClH/c1-17-12-21(33-20-6-3-2-4-7-20)9-10-22(17)30(24(31)14-27)25(23-8-5-11-34-23)26(32)29-16-18-13-19(29)15-28-18;2*1-18-17-28(14-13-27-18)25(31)24(22-8-5-15-33-22)29(23(30)16-26)19-9-11-21(12-10-19)32-20-6-3-2-4-7-20;;/h2-12,18-19,25,28H,13-16H2,1H3;2*2-12,15,18,24,27H,13-14,16-17H2,1H3;2*1H/t;2*18-,24?;;/m.10../s1. The SMILES string of the molecule is C[C@@H]1CN(C(=O)C(c2cccs2)N(C(=O)CCl)c2ccc(Oc3ccccc3)cc2)CCN1.C[C@H]1CN(C(=O)C(c2cccs2)N(C(=O)CCl)c2ccc(Oc3ccccc3)cc2)CCN1.Cc1cc(Oc2ccccc2)ccc1N(C(=O)CCl)C(C(=O)N1CC2CC1CN2)c1cccs1.Cl.Cl. The molecule has 6 aromatic carbocycles. The average Bonchev–Trinajstić information content (AvgIpc) is 1.60. The molecule has 536 valence electrons. The third-order valence-corrected chi connectivity index (χ3v) is 20.8. The molecular weight excluding hydrogens is 1460 g/mol. The van der Waals surface area contributed by atoms with E-state index in [0.29, 0.717) is 73.1 Å². The summed E-state index contributed by atoms with van der Waals surface area (Å²) in [6.45, 7) is 11.3. The zero-order valence-corrected chi connectivity index (χ0v) is 62.6. The lowest BCUT2D eigenvalue weighted by Crippen LogP contribution is -2.55. The molecule has 18 nitrogen and oxygen atoms in total. The van der Waals surface area contributed by atoms with Crippen LogP contribution in [0.25, 0.3) is 0 Å². The van der Waals surface area contributed by atoms with Crippen molar-refractivity contribution in [2.24, 2.45) is 0 Å². The van der Waals surface area contributed by atoms with Crippen molar-refractivity contribution in [1.29, 1.82) is 0 Å². The van der Waals surface area contributed by atoms with Gasteiger partial charge in [-0.1, -0.05) is 72.8 Å². The second kappa shape index (κ2) is 37.9. The zero-order chi connectivity index (χ0) is 70.1. The predicted molar refractivity (Wildman–Crippen MR) is 414 cm³/mol. The number of hydrogen-bond acceptors (Lipinski definition) is 15. The fourth-order valence-electron chi connectivity index (χ4n) is 12.7. The molecule has 3 aromatic heterocycles. The van der Waals surface area contributed by atoms with Crippen molar-refractivity contribution in [1.82, 2.24) is 30.7 Å². The Kier molecular flexibility index (Phi) is 29.1. The molecule has 26 heteroatoms. The van der Waals surface area contributed by atoms with E-state index in [-0.39, 0.29) is 96.0 Å². The molecule has 5 unspecified atom stereocenters. The van der Waals surface area contributed by atoms with Gasteiger partial charge in [-0.2, -0.15) is 0 Å². The van der Waals surface area contributed by atoms with Crippen LogP contribution in [0, 0.1) is 6.92 Å². The van der Waals surface area contributed by atoms with Gasteiger partial charge in [0.2, 0.25) is 17.7 Å². The zero-order valence-electron chi connectivity index (χ0n) is 56.3. The van der Waals surface area contributed by atoms with E-state index in [4.69, 9.17) is 49.0 Å². The van der Waals surface area contributed by atoms with E-state index < -0.39 is 18.1 Å². The van der Waals surface area contributed by atoms with Crippen molar-refractivity contribution in [3.63, 3.8) is 0 Å². The number of nitrogens with zero attached hydrogens (tertiary/aromatic N) is 6. The summed E-state index contributed by atoms with van der Waals surface area (Å²) in [4.78, 5) is 93.4. The smallest absolute Gasteiger partial charge is 0.251 e. The third-order valence-electron chi connectivity index (χ3n) is 17.4. The quantitative estimate of drug-likeness (QED) is 0.0579. The number of anilines is 3. The molecule has 3 N–H and O–H groups in total. The molecule has 4 fully saturated rings. The predicted octanol–water partition coefficient (Wildman–Crippen LogP) is 14.9. The number of alkyl halides is 3. The topological polar surface area (TPSA) is 186 Å². The Balaban J connectivity index is 0.000000176. The lowest BCUT2D eigenvalue weighted by Gasteiger charge is -2.37. The highest BCUT2D eigenvalue weighted by molar-refractivity contribution is 7.10. The highest BCUT2D eigenvalue weighted by Gasteiger charge is 2.46. The lowest BCUT2D eigenvalue weighted by molar-refractivity contribution is -0.136. The summed E-state index contributed by atoms with van der Waals surface area (Å²) in [6.07, 6.45) is 0.955. The highest BCUT2D eigenvalue weighted by atomic mass is 35.5. The van der Waals surface area contributed by atoms with Crippen molar-refractivity contribution in [3.8, 4) is 34.5 Å². The molecule has 4 saturated heterocycles. The van der Waals surface area contributed by atoms with Gasteiger partial charge in [-0.3, -0.25) is 43.5 Å². The van der Waals surface area contributed by atoms with Crippen molar-refractivity contribution in [2.75, 3.05) is 84.7 Å². The number of amides is 6. The number of carbonyl (C=O) groups is 6. The maximum Gasteiger partial charge on any atom is 0.251 e. The summed E-state index contributed by atoms with van der Waals surface area (Å²) >= 11 is 22.5. The van der Waals surface area contributed by atoms with E-state index in [1.807, 2.05) is 197 Å². The van der Waals surface area contributed by atoms with Gasteiger partial charge in [0.15, 0.2) is 0 Å². The van der Waals surface area contributed by atoms with E-state index in [9.17, 15) is 28.8 Å².